The van der Waals surface area contributed by atoms with Crippen molar-refractivity contribution in [2.24, 2.45) is 11.5 Å². The second kappa shape index (κ2) is 18.8. The van der Waals surface area contributed by atoms with Crippen molar-refractivity contribution in [2.45, 2.75) is 98.8 Å². The van der Waals surface area contributed by atoms with Crippen molar-refractivity contribution in [1.29, 1.82) is 0 Å². The number of amides is 3. The van der Waals surface area contributed by atoms with Gasteiger partial charge < -0.3 is 25.3 Å². The van der Waals surface area contributed by atoms with Gasteiger partial charge in [-0.25, -0.2) is 9.97 Å². The standard InChI is InChI=1S/C43H51N11O6/c1-6-19-52-34-18-16-29(41(45)58)24-32(34)47-43(52)48-42(59)39-30(27(5)50-53(39)7-2)13-10-9-11-21-54-35(22-26(4)49-54)36(55)25-37-46-31-23-28(40(44)57)15-17-33(31)51(37)20-12-14-38(56)60-8-3/h6,15-18,22-24H,1,7-14,19-21,25H2,2-5H3,(H2,44,57)(H2,45,58)(H,47,48,59). The number of allylic oxidation sites excluding steroid dienone is 1. The highest BCUT2D eigenvalue weighted by atomic mass is 16.5. The van der Waals surface area contributed by atoms with Crippen molar-refractivity contribution in [1.82, 2.24) is 38.7 Å². The lowest BCUT2D eigenvalue weighted by atomic mass is 10.0. The van der Waals surface area contributed by atoms with E-state index in [4.69, 9.17) is 21.2 Å². The van der Waals surface area contributed by atoms with Gasteiger partial charge in [-0.1, -0.05) is 12.5 Å². The first-order valence-electron chi connectivity index (χ1n) is 20.1. The number of benzene rings is 2. The SMILES string of the molecule is C=CCn1c(NC(=O)c2c(CCCCCn3nc(C)cc3C(=O)Cc3nc4cc(C(N)=O)ccc4n3CCCC(=O)OCC)c(C)nn2CC)nc2cc(C(N)=O)ccc21. The number of Topliss-reactive ketones (excluding diaryl/α,β-unsaturated/α-hetero) is 1. The van der Waals surface area contributed by atoms with E-state index in [0.29, 0.717) is 96.6 Å². The number of ether oxygens (including phenoxy) is 1. The van der Waals surface area contributed by atoms with Crippen molar-refractivity contribution in [3.63, 3.8) is 0 Å². The molecule has 314 valence electrons. The fourth-order valence-electron chi connectivity index (χ4n) is 7.50. The molecule has 0 radical (unpaired) electrons. The van der Waals surface area contributed by atoms with Crippen LogP contribution in [-0.2, 0) is 48.6 Å². The molecule has 6 aromatic rings. The molecule has 17 heteroatoms. The highest BCUT2D eigenvalue weighted by molar-refractivity contribution is 6.04. The minimum absolute atomic E-state index is 0.0189. The molecule has 0 spiro atoms. The van der Waals surface area contributed by atoms with Crippen molar-refractivity contribution in [2.75, 3.05) is 11.9 Å². The van der Waals surface area contributed by atoms with Gasteiger partial charge in [0.1, 0.15) is 17.2 Å². The smallest absolute Gasteiger partial charge is 0.305 e. The van der Waals surface area contributed by atoms with E-state index in [1.165, 1.54) is 0 Å². The molecule has 0 saturated heterocycles. The number of hydrogen-bond acceptors (Lipinski definition) is 10. The molecule has 5 N–H and O–H groups in total. The Bertz CT molecular complexity index is 2610. The van der Waals surface area contributed by atoms with E-state index < -0.39 is 11.8 Å². The van der Waals surface area contributed by atoms with Crippen molar-refractivity contribution in [3.8, 4) is 0 Å². The molecule has 4 heterocycles. The number of hydrogen-bond donors (Lipinski definition) is 3. The number of unbranched alkanes of at least 4 members (excludes halogenated alkanes) is 2. The van der Waals surface area contributed by atoms with E-state index >= 15 is 0 Å². The Balaban J connectivity index is 1.12. The molecule has 60 heavy (non-hydrogen) atoms. The summed E-state index contributed by atoms with van der Waals surface area (Å²) in [5.74, 6) is -1.15. The van der Waals surface area contributed by atoms with Crippen LogP contribution in [0.3, 0.4) is 0 Å². The number of esters is 1. The number of nitrogens with two attached hydrogens (primary N) is 2. The van der Waals surface area contributed by atoms with E-state index in [9.17, 15) is 24.0 Å². The number of aryl methyl sites for hydroxylation is 5. The molecule has 0 fully saturated rings. The van der Waals surface area contributed by atoms with E-state index in [2.05, 4.69) is 27.1 Å². The van der Waals surface area contributed by atoms with Crippen molar-refractivity contribution >= 4 is 57.5 Å². The summed E-state index contributed by atoms with van der Waals surface area (Å²) < 4.78 is 12.2. The lowest BCUT2D eigenvalue weighted by Gasteiger charge is -2.11. The monoisotopic (exact) mass is 817 g/mol. The summed E-state index contributed by atoms with van der Waals surface area (Å²) in [7, 11) is 0. The van der Waals surface area contributed by atoms with Gasteiger partial charge in [-0.2, -0.15) is 10.2 Å². The number of imidazole rings is 2. The summed E-state index contributed by atoms with van der Waals surface area (Å²) in [4.78, 5) is 72.9. The summed E-state index contributed by atoms with van der Waals surface area (Å²) in [5.41, 5.74) is 17.4. The number of nitrogens with zero attached hydrogens (tertiary/aromatic N) is 8. The highest BCUT2D eigenvalue weighted by Gasteiger charge is 2.24. The van der Waals surface area contributed by atoms with Gasteiger partial charge in [0.15, 0.2) is 5.78 Å². The lowest BCUT2D eigenvalue weighted by molar-refractivity contribution is -0.143. The summed E-state index contributed by atoms with van der Waals surface area (Å²) in [5, 5.41) is 12.3. The lowest BCUT2D eigenvalue weighted by Crippen LogP contribution is -2.21. The van der Waals surface area contributed by atoms with Gasteiger partial charge in [0.25, 0.3) is 5.91 Å². The molecule has 0 aliphatic carbocycles. The van der Waals surface area contributed by atoms with Crippen LogP contribution < -0.4 is 16.8 Å². The maximum absolute atomic E-state index is 13.9. The van der Waals surface area contributed by atoms with Gasteiger partial charge in [0.2, 0.25) is 17.8 Å². The van der Waals surface area contributed by atoms with E-state index in [1.54, 1.807) is 64.8 Å². The summed E-state index contributed by atoms with van der Waals surface area (Å²) in [6, 6.07) is 11.7. The number of carbonyl (C=O) groups is 5. The highest BCUT2D eigenvalue weighted by Crippen LogP contribution is 2.25. The van der Waals surface area contributed by atoms with Crippen LogP contribution in [0.1, 0.15) is 110 Å². The number of anilines is 1. The first kappa shape index (κ1) is 42.7. The normalized spacial score (nSPS) is 11.3. The fourth-order valence-corrected chi connectivity index (χ4v) is 7.50. The van der Waals surface area contributed by atoms with Crippen LogP contribution in [0.15, 0.2) is 55.1 Å². The second-order valence-corrected chi connectivity index (χ2v) is 14.5. The van der Waals surface area contributed by atoms with Crippen LogP contribution in [0.2, 0.25) is 0 Å². The van der Waals surface area contributed by atoms with Crippen LogP contribution >= 0.6 is 0 Å². The molecule has 0 unspecified atom stereocenters. The van der Waals surface area contributed by atoms with Crippen LogP contribution in [-0.4, -0.2) is 74.7 Å². The maximum atomic E-state index is 13.9. The summed E-state index contributed by atoms with van der Waals surface area (Å²) in [6.45, 7) is 13.4. The Kier molecular flexibility index (Phi) is 13.4. The Morgan fingerprint density at radius 1 is 0.817 bits per heavy atom. The van der Waals surface area contributed by atoms with Gasteiger partial charge in [0.05, 0.1) is 46.5 Å². The molecule has 0 saturated carbocycles. The first-order valence-corrected chi connectivity index (χ1v) is 20.1. The molecule has 17 nitrogen and oxygen atoms in total. The second-order valence-electron chi connectivity index (χ2n) is 14.5. The molecule has 0 atom stereocenters. The number of nitrogens with one attached hydrogen (secondary N) is 1. The largest absolute Gasteiger partial charge is 0.466 e. The molecule has 0 aliphatic rings. The minimum atomic E-state index is -0.580. The topological polar surface area (TPSA) is 230 Å². The third-order valence-corrected chi connectivity index (χ3v) is 10.3. The summed E-state index contributed by atoms with van der Waals surface area (Å²) >= 11 is 0. The average molecular weight is 818 g/mol. The number of fused-ring (bicyclic) bond motifs is 2. The number of rotatable bonds is 21. The molecule has 0 bridgehead atoms. The van der Waals surface area contributed by atoms with Gasteiger partial charge in [-0.3, -0.25) is 38.7 Å². The van der Waals surface area contributed by atoms with Gasteiger partial charge >= 0.3 is 5.97 Å². The quantitative estimate of drug-likeness (QED) is 0.0370. The average Bonchev–Trinajstić information content (AvgIpc) is 3.95. The van der Waals surface area contributed by atoms with Gasteiger partial charge in [-0.05, 0) is 95.8 Å². The molecule has 2 aromatic carbocycles. The van der Waals surface area contributed by atoms with Crippen LogP contribution in [0.5, 0.6) is 0 Å². The molecule has 3 amide bonds. The fraction of sp³-hybridized carbons (Fsp3) is 0.372. The third kappa shape index (κ3) is 9.35. The molecular weight excluding hydrogens is 767 g/mol. The number of ketones is 1. The zero-order valence-electron chi connectivity index (χ0n) is 34.5. The van der Waals surface area contributed by atoms with Crippen molar-refractivity contribution < 1.29 is 28.7 Å². The Hall–Kier alpha value is -6.91. The Morgan fingerprint density at radius 2 is 1.50 bits per heavy atom. The van der Waals surface area contributed by atoms with E-state index in [1.807, 2.05) is 29.9 Å². The zero-order valence-corrected chi connectivity index (χ0v) is 34.5. The number of primary amides is 2. The maximum Gasteiger partial charge on any atom is 0.305 e. The van der Waals surface area contributed by atoms with Gasteiger partial charge in [0, 0.05) is 49.3 Å². The predicted molar refractivity (Wildman–Crippen MR) is 226 cm³/mol. The molecule has 6 rings (SSSR count). The Morgan fingerprint density at radius 3 is 2.15 bits per heavy atom. The Labute approximate surface area is 346 Å². The third-order valence-electron chi connectivity index (χ3n) is 10.3. The van der Waals surface area contributed by atoms with E-state index in [-0.39, 0.29) is 30.5 Å². The van der Waals surface area contributed by atoms with Crippen LogP contribution in [0, 0.1) is 13.8 Å². The molecule has 4 aromatic heterocycles. The number of carbonyl (C=O) groups excluding carboxylic acids is 5. The predicted octanol–water partition coefficient (Wildman–Crippen LogP) is 5.23. The van der Waals surface area contributed by atoms with Crippen LogP contribution in [0.25, 0.3) is 22.1 Å². The van der Waals surface area contributed by atoms with E-state index in [0.717, 1.165) is 41.6 Å². The molecule has 0 aliphatic heterocycles. The first-order chi connectivity index (χ1) is 28.8. The van der Waals surface area contributed by atoms with Crippen LogP contribution in [0.4, 0.5) is 5.95 Å². The zero-order chi connectivity index (χ0) is 43.1. The van der Waals surface area contributed by atoms with Crippen molar-refractivity contribution in [3.05, 3.63) is 100 Å². The van der Waals surface area contributed by atoms with Gasteiger partial charge in [-0.15, -0.1) is 6.58 Å². The summed E-state index contributed by atoms with van der Waals surface area (Å²) in [6.07, 6.45) is 5.25. The number of aromatic nitrogens is 8. The molecular formula is C43H51N11O6. The minimum Gasteiger partial charge on any atom is -0.466 e.